The second kappa shape index (κ2) is 8.01. The highest BCUT2D eigenvalue weighted by Crippen LogP contribution is 2.32. The Labute approximate surface area is 172 Å². The largest absolute Gasteiger partial charge is 0.442 e. The Kier molecular flexibility index (Phi) is 5.23. The number of hydrogen-bond donors (Lipinski definition) is 1. The first-order chi connectivity index (χ1) is 14.8. The van der Waals surface area contributed by atoms with Gasteiger partial charge in [-0.05, 0) is 28.6 Å². The molecule has 31 heavy (non-hydrogen) atoms. The normalized spacial score (nSPS) is 15.8. The predicted octanol–water partition coefficient (Wildman–Crippen LogP) is 1.60. The number of halogens is 3. The van der Waals surface area contributed by atoms with Crippen LogP contribution in [0.5, 0.6) is 0 Å². The Balaban J connectivity index is 1.60. The smallest absolute Gasteiger partial charge is 0.414 e. The first-order valence-corrected chi connectivity index (χ1v) is 8.94. The van der Waals surface area contributed by atoms with Crippen molar-refractivity contribution >= 4 is 17.7 Å². The molecule has 3 heterocycles. The molecule has 0 aliphatic carbocycles. The summed E-state index contributed by atoms with van der Waals surface area (Å²) in [6.45, 7) is 1.37. The van der Waals surface area contributed by atoms with Gasteiger partial charge in [-0.25, -0.2) is 22.9 Å². The first-order valence-electron chi connectivity index (χ1n) is 8.94. The van der Waals surface area contributed by atoms with E-state index in [-0.39, 0.29) is 36.1 Å². The van der Waals surface area contributed by atoms with E-state index >= 15 is 0 Å². The van der Waals surface area contributed by atoms with Crippen LogP contribution in [0.25, 0.3) is 16.9 Å². The maximum atomic E-state index is 14.8. The highest BCUT2D eigenvalue weighted by atomic mass is 19.1. The number of rotatable bonds is 5. The third-order valence-electron chi connectivity index (χ3n) is 4.47. The van der Waals surface area contributed by atoms with Crippen molar-refractivity contribution in [1.29, 1.82) is 0 Å². The third kappa shape index (κ3) is 4.01. The Hall–Kier alpha value is -4.03. The lowest BCUT2D eigenvalue weighted by molar-refractivity contribution is -0.119. The second-order valence-electron chi connectivity index (χ2n) is 6.62. The van der Waals surface area contributed by atoms with Crippen LogP contribution in [0.15, 0.2) is 30.7 Å². The molecule has 1 saturated heterocycles. The van der Waals surface area contributed by atoms with Crippen LogP contribution in [-0.2, 0) is 9.53 Å². The van der Waals surface area contributed by atoms with Gasteiger partial charge in [0.1, 0.15) is 24.1 Å². The van der Waals surface area contributed by atoms with Gasteiger partial charge in [-0.15, -0.1) is 5.10 Å². The molecule has 0 radical (unpaired) electrons. The van der Waals surface area contributed by atoms with Gasteiger partial charge in [-0.3, -0.25) is 9.69 Å². The van der Waals surface area contributed by atoms with E-state index in [1.807, 2.05) is 0 Å². The molecule has 13 heteroatoms. The monoisotopic (exact) mass is 433 g/mol. The quantitative estimate of drug-likeness (QED) is 0.650. The summed E-state index contributed by atoms with van der Waals surface area (Å²) in [5, 5.41) is 12.8. The lowest BCUT2D eigenvalue weighted by atomic mass is 10.0. The molecule has 1 aromatic carbocycles. The van der Waals surface area contributed by atoms with Crippen molar-refractivity contribution in [2.45, 2.75) is 13.0 Å². The van der Waals surface area contributed by atoms with Gasteiger partial charge in [0, 0.05) is 18.7 Å². The average Bonchev–Trinajstić information content (AvgIpc) is 3.36. The predicted molar refractivity (Wildman–Crippen MR) is 98.6 cm³/mol. The SMILES string of the molecule is CC(=O)NCC1CN(c2cc(F)c(-c3cnc(-n4cnnn4)c(F)c3)c(F)c2)C(=O)O1. The minimum absolute atomic E-state index is 0.00579. The Morgan fingerprint density at radius 1 is 1.23 bits per heavy atom. The molecule has 1 atom stereocenters. The number of cyclic esters (lactones) is 1. The summed E-state index contributed by atoms with van der Waals surface area (Å²) < 4.78 is 50.0. The highest BCUT2D eigenvalue weighted by Gasteiger charge is 2.33. The van der Waals surface area contributed by atoms with E-state index in [4.69, 9.17) is 4.74 Å². The van der Waals surface area contributed by atoms with Crippen LogP contribution in [0.1, 0.15) is 6.92 Å². The lowest BCUT2D eigenvalue weighted by Gasteiger charge is -2.15. The van der Waals surface area contributed by atoms with Gasteiger partial charge < -0.3 is 10.1 Å². The van der Waals surface area contributed by atoms with E-state index in [9.17, 15) is 22.8 Å². The molecule has 3 aromatic rings. The zero-order chi connectivity index (χ0) is 22.1. The van der Waals surface area contributed by atoms with Crippen LogP contribution in [0.2, 0.25) is 0 Å². The van der Waals surface area contributed by atoms with E-state index in [2.05, 4.69) is 25.8 Å². The molecular weight excluding hydrogens is 419 g/mol. The van der Waals surface area contributed by atoms with Crippen molar-refractivity contribution in [3.05, 3.63) is 48.2 Å². The van der Waals surface area contributed by atoms with Crippen LogP contribution in [0, 0.1) is 17.5 Å². The Morgan fingerprint density at radius 3 is 2.58 bits per heavy atom. The number of anilines is 1. The van der Waals surface area contributed by atoms with Crippen molar-refractivity contribution in [2.75, 3.05) is 18.0 Å². The fourth-order valence-electron chi connectivity index (χ4n) is 3.08. The molecule has 1 N–H and O–H groups in total. The first kappa shape index (κ1) is 20.3. The Morgan fingerprint density at radius 2 is 1.97 bits per heavy atom. The lowest BCUT2D eigenvalue weighted by Crippen LogP contribution is -2.33. The molecule has 0 saturated carbocycles. The summed E-state index contributed by atoms with van der Waals surface area (Å²) >= 11 is 0. The molecule has 1 unspecified atom stereocenters. The van der Waals surface area contributed by atoms with Crippen LogP contribution in [-0.4, -0.2) is 56.4 Å². The molecule has 1 fully saturated rings. The number of hydrogen-bond acceptors (Lipinski definition) is 7. The molecule has 4 rings (SSSR count). The van der Waals surface area contributed by atoms with Crippen LogP contribution < -0.4 is 10.2 Å². The highest BCUT2D eigenvalue weighted by molar-refractivity contribution is 5.90. The maximum absolute atomic E-state index is 14.8. The van der Waals surface area contributed by atoms with Crippen molar-refractivity contribution in [3.63, 3.8) is 0 Å². The average molecular weight is 433 g/mol. The van der Waals surface area contributed by atoms with Gasteiger partial charge in [-0.1, -0.05) is 0 Å². The van der Waals surface area contributed by atoms with E-state index in [1.54, 1.807) is 0 Å². The van der Waals surface area contributed by atoms with Gasteiger partial charge in [-0.2, -0.15) is 4.68 Å². The number of carbonyl (C=O) groups is 2. The van der Waals surface area contributed by atoms with Crippen molar-refractivity contribution in [2.24, 2.45) is 0 Å². The second-order valence-corrected chi connectivity index (χ2v) is 6.62. The van der Waals surface area contributed by atoms with Crippen LogP contribution >= 0.6 is 0 Å². The van der Waals surface area contributed by atoms with Gasteiger partial charge in [0.25, 0.3) is 0 Å². The number of tetrazole rings is 1. The van der Waals surface area contributed by atoms with Crippen LogP contribution in [0.4, 0.5) is 23.7 Å². The van der Waals surface area contributed by atoms with Crippen molar-refractivity contribution in [1.82, 2.24) is 30.5 Å². The number of amides is 2. The van der Waals surface area contributed by atoms with Gasteiger partial charge >= 0.3 is 6.09 Å². The van der Waals surface area contributed by atoms with Crippen LogP contribution in [0.3, 0.4) is 0 Å². The number of benzene rings is 1. The molecule has 2 amide bonds. The summed E-state index contributed by atoms with van der Waals surface area (Å²) in [6.07, 6.45) is 0.726. The van der Waals surface area contributed by atoms with Gasteiger partial charge in [0.2, 0.25) is 5.91 Å². The zero-order valence-corrected chi connectivity index (χ0v) is 15.9. The molecule has 1 aliphatic heterocycles. The summed E-state index contributed by atoms with van der Waals surface area (Å²) in [6, 6.07) is 2.78. The summed E-state index contributed by atoms with van der Waals surface area (Å²) in [5.74, 6) is -3.48. The molecular formula is C18H14F3N7O3. The molecule has 2 aromatic heterocycles. The standard InChI is InChI=1S/C18H14F3N7O3/c1-9(29)22-6-12-7-27(18(30)31-12)11-3-13(19)16(14(20)4-11)10-2-15(21)17(23-5-10)28-8-24-25-26-28/h2-5,8,12H,6-7H2,1H3,(H,22,29). The van der Waals surface area contributed by atoms with Crippen molar-refractivity contribution < 1.29 is 27.5 Å². The molecule has 0 spiro atoms. The third-order valence-corrected chi connectivity index (χ3v) is 4.47. The number of ether oxygens (including phenoxy) is 1. The van der Waals surface area contributed by atoms with Crippen molar-refractivity contribution in [3.8, 4) is 16.9 Å². The van der Waals surface area contributed by atoms with E-state index < -0.39 is 35.2 Å². The number of nitrogens with zero attached hydrogens (tertiary/aromatic N) is 6. The van der Waals surface area contributed by atoms with E-state index in [0.717, 1.165) is 40.3 Å². The fraction of sp³-hybridized carbons (Fsp3) is 0.222. The number of carbonyl (C=O) groups excluding carboxylic acids is 2. The Bertz CT molecular complexity index is 1130. The molecule has 0 bridgehead atoms. The molecule has 1 aliphatic rings. The van der Waals surface area contributed by atoms with Gasteiger partial charge in [0.05, 0.1) is 24.3 Å². The minimum Gasteiger partial charge on any atom is -0.442 e. The summed E-state index contributed by atoms with van der Waals surface area (Å²) in [7, 11) is 0. The number of nitrogens with one attached hydrogen (secondary N) is 1. The van der Waals surface area contributed by atoms with E-state index in [1.165, 1.54) is 6.92 Å². The minimum atomic E-state index is -1.02. The summed E-state index contributed by atoms with van der Waals surface area (Å²) in [4.78, 5) is 27.9. The maximum Gasteiger partial charge on any atom is 0.414 e. The fourth-order valence-corrected chi connectivity index (χ4v) is 3.08. The molecule has 160 valence electrons. The molecule has 10 nitrogen and oxygen atoms in total. The number of aromatic nitrogens is 5. The number of pyridine rings is 1. The van der Waals surface area contributed by atoms with Gasteiger partial charge in [0.15, 0.2) is 11.6 Å². The summed E-state index contributed by atoms with van der Waals surface area (Å²) in [5.41, 5.74) is -0.739. The van der Waals surface area contributed by atoms with E-state index in [0.29, 0.717) is 0 Å². The zero-order valence-electron chi connectivity index (χ0n) is 15.9. The topological polar surface area (TPSA) is 115 Å².